The van der Waals surface area contributed by atoms with Gasteiger partial charge in [0.05, 0.1) is 11.9 Å². The summed E-state index contributed by atoms with van der Waals surface area (Å²) in [7, 11) is 0. The summed E-state index contributed by atoms with van der Waals surface area (Å²) < 4.78 is 16.6. The zero-order valence-corrected chi connectivity index (χ0v) is 23.5. The van der Waals surface area contributed by atoms with Crippen molar-refractivity contribution < 1.29 is 28.6 Å². The van der Waals surface area contributed by atoms with E-state index in [1.165, 1.54) is 6.07 Å². The molecule has 0 fully saturated rings. The second kappa shape index (κ2) is 13.0. The summed E-state index contributed by atoms with van der Waals surface area (Å²) in [5, 5.41) is 11.3. The quantitative estimate of drug-likeness (QED) is 0.277. The first-order chi connectivity index (χ1) is 18.9. The summed E-state index contributed by atoms with van der Waals surface area (Å²) in [5.41, 5.74) is -0.684. The lowest BCUT2D eigenvalue weighted by molar-refractivity contribution is -0.155. The summed E-state index contributed by atoms with van der Waals surface area (Å²) in [6.07, 6.45) is 2.80. The topological polar surface area (TPSA) is 151 Å². The number of nitrogens with zero attached hydrogens (tertiary/aromatic N) is 3. The van der Waals surface area contributed by atoms with E-state index in [9.17, 15) is 19.2 Å². The number of amides is 1. The lowest BCUT2D eigenvalue weighted by atomic mass is 10.0. The third-order valence-corrected chi connectivity index (χ3v) is 5.49. The number of pyridine rings is 1. The number of alkyl carbamates (subject to hydrolysis) is 1. The Labute approximate surface area is 232 Å². The number of carbonyl (C=O) groups is 3. The molecule has 2 N–H and O–H groups in total. The van der Waals surface area contributed by atoms with Crippen molar-refractivity contribution in [3.63, 3.8) is 0 Å². The smallest absolute Gasteiger partial charge is 0.408 e. The maximum Gasteiger partial charge on any atom is 0.408 e. The number of carbonyl (C=O) groups excluding carboxylic acids is 3. The molecular formula is C28H35N5O7. The number of rotatable bonds is 10. The first kappa shape index (κ1) is 30.1. The molecule has 40 heavy (non-hydrogen) atoms. The Bertz CT molecular complexity index is 1420. The van der Waals surface area contributed by atoms with E-state index in [1.807, 2.05) is 38.1 Å². The Morgan fingerprint density at radius 1 is 1.05 bits per heavy atom. The van der Waals surface area contributed by atoms with Gasteiger partial charge in [-0.3, -0.25) is 9.78 Å². The van der Waals surface area contributed by atoms with Crippen LogP contribution in [-0.4, -0.2) is 51.2 Å². The minimum Gasteiger partial charge on any atom is -0.444 e. The number of aromatic nitrogens is 3. The van der Waals surface area contributed by atoms with Gasteiger partial charge in [0, 0.05) is 29.6 Å². The van der Waals surface area contributed by atoms with Gasteiger partial charge in [-0.05, 0) is 40.0 Å². The Morgan fingerprint density at radius 2 is 1.77 bits per heavy atom. The predicted octanol–water partition coefficient (Wildman–Crippen LogP) is 4.15. The Hall–Kier alpha value is -4.48. The van der Waals surface area contributed by atoms with Crippen LogP contribution in [0.3, 0.4) is 0 Å². The summed E-state index contributed by atoms with van der Waals surface area (Å²) in [5.74, 6) is -1.64. The number of ether oxygens (including phenoxy) is 3. The summed E-state index contributed by atoms with van der Waals surface area (Å²) >= 11 is 0. The molecule has 0 radical (unpaired) electrons. The Morgan fingerprint density at radius 3 is 2.45 bits per heavy atom. The average molecular weight is 554 g/mol. The van der Waals surface area contributed by atoms with Gasteiger partial charge in [0.1, 0.15) is 17.3 Å². The van der Waals surface area contributed by atoms with Gasteiger partial charge in [0.2, 0.25) is 6.79 Å². The molecule has 1 aromatic carbocycles. The van der Waals surface area contributed by atoms with Gasteiger partial charge in [-0.1, -0.05) is 38.1 Å². The van der Waals surface area contributed by atoms with Gasteiger partial charge >= 0.3 is 18.0 Å². The number of hydrogen-bond donors (Lipinski definition) is 2. The molecule has 2 aromatic heterocycles. The third kappa shape index (κ3) is 8.26. The van der Waals surface area contributed by atoms with Crippen molar-refractivity contribution in [2.45, 2.75) is 66.2 Å². The number of anilines is 2. The molecule has 3 aromatic rings. The van der Waals surface area contributed by atoms with Crippen molar-refractivity contribution in [1.82, 2.24) is 20.1 Å². The van der Waals surface area contributed by atoms with Crippen LogP contribution < -0.4 is 16.2 Å². The van der Waals surface area contributed by atoms with Crippen molar-refractivity contribution in [2.24, 2.45) is 5.92 Å². The highest BCUT2D eigenvalue weighted by Crippen LogP contribution is 2.24. The summed E-state index contributed by atoms with van der Waals surface area (Å²) in [4.78, 5) is 54.7. The van der Waals surface area contributed by atoms with Crippen LogP contribution in [0, 0.1) is 5.92 Å². The van der Waals surface area contributed by atoms with Crippen LogP contribution in [0.15, 0.2) is 47.5 Å². The van der Waals surface area contributed by atoms with Crippen LogP contribution in [0.2, 0.25) is 0 Å². The molecule has 0 bridgehead atoms. The number of benzene rings is 1. The zero-order valence-electron chi connectivity index (χ0n) is 23.5. The van der Waals surface area contributed by atoms with Crippen LogP contribution in [0.1, 0.15) is 58.5 Å². The predicted molar refractivity (Wildman–Crippen MR) is 148 cm³/mol. The standard InChI is InChI=1S/C28H35N5O7/c1-7-33-24(34)20(30-23-15-29-14-18-10-8-9-11-19(18)23)13-22(32-33)26(36)39-16-38-25(35)21(12-17(2)3)31-27(37)40-28(4,5)6/h8-11,13-15,17,21,30H,7,12,16H2,1-6H3,(H,31,37). The second-order valence-electron chi connectivity index (χ2n) is 10.4. The molecule has 214 valence electrons. The van der Waals surface area contributed by atoms with E-state index < -0.39 is 42.0 Å². The first-order valence-corrected chi connectivity index (χ1v) is 12.9. The van der Waals surface area contributed by atoms with Crippen molar-refractivity contribution in [2.75, 3.05) is 12.1 Å². The van der Waals surface area contributed by atoms with Crippen LogP contribution >= 0.6 is 0 Å². The van der Waals surface area contributed by atoms with Gasteiger partial charge < -0.3 is 24.8 Å². The molecule has 1 amide bonds. The van der Waals surface area contributed by atoms with E-state index in [2.05, 4.69) is 20.7 Å². The van der Waals surface area contributed by atoms with Crippen LogP contribution in [0.5, 0.6) is 0 Å². The fourth-order valence-electron chi connectivity index (χ4n) is 3.76. The third-order valence-electron chi connectivity index (χ3n) is 5.49. The minimum atomic E-state index is -1.00. The maximum atomic E-state index is 12.9. The molecule has 12 nitrogen and oxygen atoms in total. The highest BCUT2D eigenvalue weighted by atomic mass is 16.7. The molecular weight excluding hydrogens is 518 g/mol. The highest BCUT2D eigenvalue weighted by Gasteiger charge is 2.27. The largest absolute Gasteiger partial charge is 0.444 e. The van der Waals surface area contributed by atoms with Crippen LogP contribution in [0.25, 0.3) is 10.8 Å². The fourth-order valence-corrected chi connectivity index (χ4v) is 3.76. The summed E-state index contributed by atoms with van der Waals surface area (Å²) in [6, 6.07) is 7.79. The molecule has 2 heterocycles. The zero-order chi connectivity index (χ0) is 29.4. The highest BCUT2D eigenvalue weighted by molar-refractivity contribution is 5.95. The van der Waals surface area contributed by atoms with E-state index >= 15 is 0 Å². The Kier molecular flexibility index (Phi) is 9.81. The average Bonchev–Trinajstić information content (AvgIpc) is 2.88. The van der Waals surface area contributed by atoms with Crippen molar-refractivity contribution in [3.8, 4) is 0 Å². The van der Waals surface area contributed by atoms with Gasteiger partial charge in [-0.2, -0.15) is 5.10 Å². The molecule has 0 aliphatic rings. The first-order valence-electron chi connectivity index (χ1n) is 12.9. The molecule has 12 heteroatoms. The monoisotopic (exact) mass is 553 g/mol. The fraction of sp³-hybridized carbons (Fsp3) is 0.429. The number of fused-ring (bicyclic) bond motifs is 1. The van der Waals surface area contributed by atoms with E-state index in [4.69, 9.17) is 14.2 Å². The van der Waals surface area contributed by atoms with Crippen molar-refractivity contribution >= 4 is 40.2 Å². The minimum absolute atomic E-state index is 0.0530. The van der Waals surface area contributed by atoms with Crippen molar-refractivity contribution in [1.29, 1.82) is 0 Å². The maximum absolute atomic E-state index is 12.9. The van der Waals surface area contributed by atoms with E-state index in [0.29, 0.717) is 5.69 Å². The molecule has 0 aliphatic carbocycles. The molecule has 3 rings (SSSR count). The number of esters is 2. The lowest BCUT2D eigenvalue weighted by Crippen LogP contribution is -2.45. The van der Waals surface area contributed by atoms with Crippen LogP contribution in [-0.2, 0) is 25.5 Å². The molecule has 0 saturated carbocycles. The second-order valence-corrected chi connectivity index (χ2v) is 10.4. The van der Waals surface area contributed by atoms with E-state index in [0.717, 1.165) is 15.5 Å². The Balaban J connectivity index is 1.71. The van der Waals surface area contributed by atoms with Gasteiger partial charge in [0.25, 0.3) is 5.56 Å². The van der Waals surface area contributed by atoms with Gasteiger partial charge in [0.15, 0.2) is 5.69 Å². The molecule has 0 saturated heterocycles. The van der Waals surface area contributed by atoms with E-state index in [-0.39, 0.29) is 30.3 Å². The number of nitrogens with one attached hydrogen (secondary N) is 2. The normalized spacial score (nSPS) is 12.1. The van der Waals surface area contributed by atoms with E-state index in [1.54, 1.807) is 40.1 Å². The molecule has 1 unspecified atom stereocenters. The molecule has 1 atom stereocenters. The number of hydrogen-bond acceptors (Lipinski definition) is 10. The summed E-state index contributed by atoms with van der Waals surface area (Å²) in [6.45, 7) is 10.1. The number of aryl methyl sites for hydroxylation is 1. The molecule has 0 spiro atoms. The van der Waals surface area contributed by atoms with Gasteiger partial charge in [-0.25, -0.2) is 19.1 Å². The molecule has 0 aliphatic heterocycles. The van der Waals surface area contributed by atoms with Crippen LogP contribution in [0.4, 0.5) is 16.2 Å². The van der Waals surface area contributed by atoms with Gasteiger partial charge in [-0.15, -0.1) is 0 Å². The van der Waals surface area contributed by atoms with Crippen molar-refractivity contribution in [3.05, 3.63) is 58.8 Å². The lowest BCUT2D eigenvalue weighted by Gasteiger charge is -2.23. The SMILES string of the molecule is CCn1nc(C(=O)OCOC(=O)C(CC(C)C)NC(=O)OC(C)(C)C)cc(Nc2cncc3ccccc23)c1=O.